The molecule has 3 nitrogen and oxygen atoms in total. The van der Waals surface area contributed by atoms with Crippen molar-refractivity contribution in [3.05, 3.63) is 22.8 Å². The molecular weight excluding hydrogens is 190 g/mol. The molecule has 72 valence electrons. The van der Waals surface area contributed by atoms with Crippen molar-refractivity contribution in [2.75, 3.05) is 0 Å². The molecule has 1 aromatic heterocycles. The number of hydrogen-bond acceptors (Lipinski definition) is 3. The number of aliphatic hydroxyl groups excluding tert-OH is 1. The zero-order valence-corrected chi connectivity index (χ0v) is 8.38. The number of aliphatic hydroxyl groups is 1. The van der Waals surface area contributed by atoms with Gasteiger partial charge in [0.1, 0.15) is 5.15 Å². The summed E-state index contributed by atoms with van der Waals surface area (Å²) >= 11 is 5.68. The molecule has 0 aliphatic rings. The summed E-state index contributed by atoms with van der Waals surface area (Å²) in [4.78, 5) is 3.97. The minimum atomic E-state index is -0.0910. The first-order chi connectivity index (χ1) is 6.13. The minimum Gasteiger partial charge on any atom is -0.475 e. The standard InChI is InChI=1S/C9H12ClNO2/c1-6(2)13-9-7(5-12)3-4-8(10)11-9/h3-4,6,12H,5H2,1-2H3. The van der Waals surface area contributed by atoms with Gasteiger partial charge in [-0.1, -0.05) is 11.6 Å². The van der Waals surface area contributed by atoms with Crippen LogP contribution in [0.25, 0.3) is 0 Å². The van der Waals surface area contributed by atoms with Gasteiger partial charge in [0.05, 0.1) is 12.7 Å². The van der Waals surface area contributed by atoms with E-state index in [9.17, 15) is 0 Å². The Morgan fingerprint density at radius 2 is 2.23 bits per heavy atom. The van der Waals surface area contributed by atoms with Crippen molar-refractivity contribution in [3.8, 4) is 5.88 Å². The van der Waals surface area contributed by atoms with Gasteiger partial charge >= 0.3 is 0 Å². The van der Waals surface area contributed by atoms with Crippen LogP contribution in [0.1, 0.15) is 19.4 Å². The van der Waals surface area contributed by atoms with Crippen LogP contribution in [0.2, 0.25) is 5.15 Å². The Bertz CT molecular complexity index is 289. The lowest BCUT2D eigenvalue weighted by molar-refractivity contribution is 0.217. The maximum Gasteiger partial charge on any atom is 0.220 e. The van der Waals surface area contributed by atoms with Gasteiger partial charge in [0.2, 0.25) is 5.88 Å². The highest BCUT2D eigenvalue weighted by molar-refractivity contribution is 6.29. The lowest BCUT2D eigenvalue weighted by Crippen LogP contribution is -2.09. The maximum absolute atomic E-state index is 8.96. The third-order valence-corrected chi connectivity index (χ3v) is 1.63. The number of aromatic nitrogens is 1. The summed E-state index contributed by atoms with van der Waals surface area (Å²) in [5.74, 6) is 0.407. The number of hydrogen-bond donors (Lipinski definition) is 1. The first-order valence-corrected chi connectivity index (χ1v) is 4.44. The van der Waals surface area contributed by atoms with Gasteiger partial charge in [0.15, 0.2) is 0 Å². The monoisotopic (exact) mass is 201 g/mol. The van der Waals surface area contributed by atoms with Crippen molar-refractivity contribution in [2.45, 2.75) is 26.6 Å². The van der Waals surface area contributed by atoms with Crippen LogP contribution in [0.15, 0.2) is 12.1 Å². The Balaban J connectivity index is 2.94. The van der Waals surface area contributed by atoms with Crippen LogP contribution in [-0.4, -0.2) is 16.2 Å². The molecule has 0 saturated carbocycles. The lowest BCUT2D eigenvalue weighted by Gasteiger charge is -2.11. The zero-order valence-electron chi connectivity index (χ0n) is 7.62. The van der Waals surface area contributed by atoms with E-state index in [0.717, 1.165) is 0 Å². The van der Waals surface area contributed by atoms with Gasteiger partial charge in [-0.05, 0) is 26.0 Å². The zero-order chi connectivity index (χ0) is 9.84. The molecule has 0 amide bonds. The molecule has 13 heavy (non-hydrogen) atoms. The highest BCUT2D eigenvalue weighted by Gasteiger charge is 2.06. The molecular formula is C9H12ClNO2. The summed E-state index contributed by atoms with van der Waals surface area (Å²) in [6.45, 7) is 3.69. The number of halogens is 1. The third-order valence-electron chi connectivity index (χ3n) is 1.42. The topological polar surface area (TPSA) is 42.4 Å². The Kier molecular flexibility index (Phi) is 3.51. The van der Waals surface area contributed by atoms with Crippen molar-refractivity contribution in [3.63, 3.8) is 0 Å². The van der Waals surface area contributed by atoms with Crippen molar-refractivity contribution in [1.82, 2.24) is 4.98 Å². The summed E-state index contributed by atoms with van der Waals surface area (Å²) in [6, 6.07) is 3.33. The van der Waals surface area contributed by atoms with E-state index in [4.69, 9.17) is 21.4 Å². The molecule has 0 saturated heterocycles. The van der Waals surface area contributed by atoms with E-state index in [1.165, 1.54) is 0 Å². The smallest absolute Gasteiger partial charge is 0.220 e. The summed E-state index contributed by atoms with van der Waals surface area (Å²) in [7, 11) is 0. The average molecular weight is 202 g/mol. The second kappa shape index (κ2) is 4.44. The van der Waals surface area contributed by atoms with Gasteiger partial charge in [-0.25, -0.2) is 4.98 Å². The predicted octanol–water partition coefficient (Wildman–Crippen LogP) is 2.01. The van der Waals surface area contributed by atoms with E-state index in [1.54, 1.807) is 12.1 Å². The fourth-order valence-corrected chi connectivity index (χ4v) is 1.03. The highest BCUT2D eigenvalue weighted by atomic mass is 35.5. The molecule has 0 bridgehead atoms. The van der Waals surface area contributed by atoms with E-state index >= 15 is 0 Å². The minimum absolute atomic E-state index is 0.0243. The normalized spacial score (nSPS) is 10.5. The highest BCUT2D eigenvalue weighted by Crippen LogP contribution is 2.19. The van der Waals surface area contributed by atoms with Crippen LogP contribution in [-0.2, 0) is 6.61 Å². The van der Waals surface area contributed by atoms with Crippen molar-refractivity contribution in [2.24, 2.45) is 0 Å². The van der Waals surface area contributed by atoms with E-state index in [-0.39, 0.29) is 12.7 Å². The molecule has 0 aromatic carbocycles. The Morgan fingerprint density at radius 1 is 1.54 bits per heavy atom. The maximum atomic E-state index is 8.96. The summed E-state index contributed by atoms with van der Waals surface area (Å²) < 4.78 is 5.36. The first kappa shape index (κ1) is 10.3. The van der Waals surface area contributed by atoms with Gasteiger partial charge in [-0.15, -0.1) is 0 Å². The van der Waals surface area contributed by atoms with Crippen LogP contribution >= 0.6 is 11.6 Å². The van der Waals surface area contributed by atoms with Gasteiger partial charge in [-0.3, -0.25) is 0 Å². The molecule has 1 rings (SSSR count). The Morgan fingerprint density at radius 3 is 2.77 bits per heavy atom. The molecule has 0 fully saturated rings. The largest absolute Gasteiger partial charge is 0.475 e. The first-order valence-electron chi connectivity index (χ1n) is 4.06. The quantitative estimate of drug-likeness (QED) is 0.761. The lowest BCUT2D eigenvalue weighted by atomic mass is 10.3. The second-order valence-electron chi connectivity index (χ2n) is 2.92. The van der Waals surface area contributed by atoms with Gasteiger partial charge in [-0.2, -0.15) is 0 Å². The molecule has 0 atom stereocenters. The summed E-state index contributed by atoms with van der Waals surface area (Å²) in [6.07, 6.45) is 0.0243. The van der Waals surface area contributed by atoms with E-state index < -0.39 is 0 Å². The molecule has 1 heterocycles. The number of pyridine rings is 1. The Hall–Kier alpha value is -0.800. The van der Waals surface area contributed by atoms with Crippen LogP contribution in [0.5, 0.6) is 5.88 Å². The number of rotatable bonds is 3. The van der Waals surface area contributed by atoms with E-state index in [1.807, 2.05) is 13.8 Å². The van der Waals surface area contributed by atoms with Crippen LogP contribution in [0.4, 0.5) is 0 Å². The molecule has 0 aliphatic heterocycles. The molecule has 1 aromatic rings. The number of nitrogens with zero attached hydrogens (tertiary/aromatic N) is 1. The van der Waals surface area contributed by atoms with Gasteiger partial charge < -0.3 is 9.84 Å². The van der Waals surface area contributed by atoms with E-state index in [0.29, 0.717) is 16.6 Å². The fraction of sp³-hybridized carbons (Fsp3) is 0.444. The third kappa shape index (κ3) is 2.86. The Labute approximate surface area is 82.3 Å². The van der Waals surface area contributed by atoms with Crippen LogP contribution in [0, 0.1) is 0 Å². The molecule has 1 N–H and O–H groups in total. The molecule has 0 spiro atoms. The average Bonchev–Trinajstić information content (AvgIpc) is 2.03. The van der Waals surface area contributed by atoms with Crippen LogP contribution in [0.3, 0.4) is 0 Å². The predicted molar refractivity (Wildman–Crippen MR) is 50.9 cm³/mol. The number of ether oxygens (including phenoxy) is 1. The molecule has 0 unspecified atom stereocenters. The SMILES string of the molecule is CC(C)Oc1nc(Cl)ccc1CO. The van der Waals surface area contributed by atoms with Crippen LogP contribution < -0.4 is 4.74 Å². The fourth-order valence-electron chi connectivity index (χ4n) is 0.892. The summed E-state index contributed by atoms with van der Waals surface area (Å²) in [5, 5.41) is 9.33. The van der Waals surface area contributed by atoms with Crippen molar-refractivity contribution in [1.29, 1.82) is 0 Å². The van der Waals surface area contributed by atoms with Crippen molar-refractivity contribution < 1.29 is 9.84 Å². The molecule has 0 aliphatic carbocycles. The van der Waals surface area contributed by atoms with Gasteiger partial charge in [0.25, 0.3) is 0 Å². The van der Waals surface area contributed by atoms with Crippen molar-refractivity contribution >= 4 is 11.6 Å². The molecule has 4 heteroatoms. The second-order valence-corrected chi connectivity index (χ2v) is 3.31. The van der Waals surface area contributed by atoms with Gasteiger partial charge in [0, 0.05) is 5.56 Å². The van der Waals surface area contributed by atoms with E-state index in [2.05, 4.69) is 4.98 Å². The molecule has 0 radical (unpaired) electrons. The summed E-state index contributed by atoms with van der Waals surface area (Å²) in [5.41, 5.74) is 0.651.